The van der Waals surface area contributed by atoms with E-state index in [1.54, 1.807) is 38.1 Å². The van der Waals surface area contributed by atoms with E-state index in [1.165, 1.54) is 12.4 Å². The van der Waals surface area contributed by atoms with Crippen LogP contribution in [0.3, 0.4) is 0 Å². The molecule has 1 aromatic carbocycles. The minimum Gasteiger partial charge on any atom is -0.461 e. The quantitative estimate of drug-likeness (QED) is 0.378. The van der Waals surface area contributed by atoms with E-state index in [4.69, 9.17) is 27.9 Å². The van der Waals surface area contributed by atoms with Gasteiger partial charge in [0.15, 0.2) is 5.78 Å². The number of allylic oxidation sites excluding steroid dienone is 2. The van der Waals surface area contributed by atoms with E-state index in [-0.39, 0.29) is 39.7 Å². The number of nitrogens with one attached hydrogen (secondary N) is 2. The zero-order valence-corrected chi connectivity index (χ0v) is 23.9. The molecule has 2 aliphatic rings. The predicted molar refractivity (Wildman–Crippen MR) is 147 cm³/mol. The summed E-state index contributed by atoms with van der Waals surface area (Å²) < 4.78 is 5.89. The molecular formula is C27H26BrCl2N3O5. The first-order chi connectivity index (χ1) is 18.0. The SMILES string of the molecule is CC(C)OC(=O)[C@H](Cc1ccc(NC(=O)c2c(Cl)cncc2Cl)cc1)NC1=C(Br)C(=O)C12CCC(=O)CC2. The molecule has 1 amide bonds. The molecule has 8 nitrogen and oxygen atoms in total. The number of Topliss-reactive ketones (excluding diaryl/α,β-unsaturated/α-hetero) is 2. The molecule has 1 saturated carbocycles. The van der Waals surface area contributed by atoms with Gasteiger partial charge in [0.1, 0.15) is 11.8 Å². The summed E-state index contributed by atoms with van der Waals surface area (Å²) >= 11 is 15.5. The van der Waals surface area contributed by atoms with Crippen LogP contribution in [0.4, 0.5) is 5.69 Å². The number of hydrogen-bond donors (Lipinski definition) is 2. The third-order valence-electron chi connectivity index (χ3n) is 6.68. The highest BCUT2D eigenvalue weighted by Gasteiger charge is 2.55. The Morgan fingerprint density at radius 3 is 2.26 bits per heavy atom. The van der Waals surface area contributed by atoms with Crippen molar-refractivity contribution >= 4 is 68.3 Å². The molecule has 0 aliphatic heterocycles. The second-order valence-electron chi connectivity index (χ2n) is 9.65. The number of carbonyl (C=O) groups excluding carboxylic acids is 4. The number of pyridine rings is 1. The fraction of sp³-hybridized carbons (Fsp3) is 0.370. The number of amides is 1. The normalized spacial score (nSPS) is 17.3. The van der Waals surface area contributed by atoms with Crippen LogP contribution in [0.5, 0.6) is 0 Å². The summed E-state index contributed by atoms with van der Waals surface area (Å²) in [7, 11) is 0. The van der Waals surface area contributed by atoms with Crippen molar-refractivity contribution in [3.63, 3.8) is 0 Å². The molecular weight excluding hydrogens is 597 g/mol. The Hall–Kier alpha value is -2.75. The lowest BCUT2D eigenvalue weighted by Gasteiger charge is -2.46. The average Bonchev–Trinajstić information content (AvgIpc) is 2.87. The fourth-order valence-corrected chi connectivity index (χ4v) is 6.09. The lowest BCUT2D eigenvalue weighted by Crippen LogP contribution is -2.54. The average molecular weight is 623 g/mol. The number of hydrogen-bond acceptors (Lipinski definition) is 7. The summed E-state index contributed by atoms with van der Waals surface area (Å²) in [6.07, 6.45) is 4.15. The summed E-state index contributed by atoms with van der Waals surface area (Å²) in [6, 6.07) is 6.21. The largest absolute Gasteiger partial charge is 0.461 e. The van der Waals surface area contributed by atoms with Crippen molar-refractivity contribution < 1.29 is 23.9 Å². The van der Waals surface area contributed by atoms with Gasteiger partial charge < -0.3 is 15.4 Å². The Kier molecular flexibility index (Phi) is 8.59. The number of carbonyl (C=O) groups is 4. The van der Waals surface area contributed by atoms with Crippen LogP contribution in [-0.4, -0.2) is 40.6 Å². The van der Waals surface area contributed by atoms with Crippen LogP contribution in [0, 0.1) is 5.41 Å². The first kappa shape index (κ1) is 28.3. The Balaban J connectivity index is 1.50. The maximum Gasteiger partial charge on any atom is 0.329 e. The molecule has 0 bridgehead atoms. The minimum atomic E-state index is -0.771. The van der Waals surface area contributed by atoms with Crippen molar-refractivity contribution in [2.24, 2.45) is 5.41 Å². The molecule has 0 unspecified atom stereocenters. The van der Waals surface area contributed by atoms with Gasteiger partial charge in [-0.2, -0.15) is 0 Å². The van der Waals surface area contributed by atoms with E-state index < -0.39 is 23.3 Å². The van der Waals surface area contributed by atoms with Gasteiger partial charge in [0.25, 0.3) is 5.91 Å². The van der Waals surface area contributed by atoms with E-state index in [9.17, 15) is 19.2 Å². The number of esters is 1. The molecule has 1 atom stereocenters. The number of benzene rings is 1. The number of rotatable bonds is 8. The molecule has 4 rings (SSSR count). The molecule has 11 heteroatoms. The number of ketones is 2. The topological polar surface area (TPSA) is 114 Å². The fourth-order valence-electron chi connectivity index (χ4n) is 4.68. The third-order valence-corrected chi connectivity index (χ3v) is 8.01. The van der Waals surface area contributed by atoms with E-state index in [0.29, 0.717) is 41.6 Å². The van der Waals surface area contributed by atoms with Gasteiger partial charge >= 0.3 is 5.97 Å². The van der Waals surface area contributed by atoms with Crippen LogP contribution < -0.4 is 10.6 Å². The highest BCUT2D eigenvalue weighted by Crippen LogP contribution is 2.53. The standard InChI is InChI=1S/C27H26BrCl2N3O5/c1-14(2)38-26(37)20(33-23-22(28)24(35)27(23)9-7-17(34)8-10-27)11-15-3-5-16(6-4-15)32-25(36)21-18(29)12-31-13-19(21)30/h3-6,12-14,20,33H,7-11H2,1-2H3,(H,32,36)/t20-/m0/s1. The summed E-state index contributed by atoms with van der Waals surface area (Å²) in [5, 5.41) is 6.29. The van der Waals surface area contributed by atoms with Crippen molar-refractivity contribution in [1.82, 2.24) is 10.3 Å². The zero-order valence-electron chi connectivity index (χ0n) is 20.8. The first-order valence-electron chi connectivity index (χ1n) is 12.1. The predicted octanol–water partition coefficient (Wildman–Crippen LogP) is 5.41. The number of aromatic nitrogens is 1. The molecule has 200 valence electrons. The smallest absolute Gasteiger partial charge is 0.329 e. The third kappa shape index (κ3) is 5.80. The van der Waals surface area contributed by atoms with Gasteiger partial charge in [0, 0.05) is 43.0 Å². The van der Waals surface area contributed by atoms with Gasteiger partial charge in [0.2, 0.25) is 0 Å². The lowest BCUT2D eigenvalue weighted by atomic mass is 9.62. The van der Waals surface area contributed by atoms with Gasteiger partial charge in [-0.3, -0.25) is 19.4 Å². The second-order valence-corrected chi connectivity index (χ2v) is 11.3. The van der Waals surface area contributed by atoms with E-state index in [1.807, 2.05) is 0 Å². The first-order valence-corrected chi connectivity index (χ1v) is 13.7. The highest BCUT2D eigenvalue weighted by molar-refractivity contribution is 9.12. The maximum atomic E-state index is 13.0. The lowest BCUT2D eigenvalue weighted by molar-refractivity contribution is -0.150. The van der Waals surface area contributed by atoms with E-state index in [0.717, 1.165) is 5.56 Å². The van der Waals surface area contributed by atoms with Crippen molar-refractivity contribution in [3.05, 3.63) is 68.0 Å². The van der Waals surface area contributed by atoms with Gasteiger partial charge in [0.05, 0.1) is 31.6 Å². The van der Waals surface area contributed by atoms with Crippen LogP contribution in [0.25, 0.3) is 0 Å². The summed E-state index contributed by atoms with van der Waals surface area (Å²) in [6.45, 7) is 3.54. The summed E-state index contributed by atoms with van der Waals surface area (Å²) in [4.78, 5) is 54.1. The van der Waals surface area contributed by atoms with Gasteiger partial charge in [-0.05, 0) is 60.3 Å². The molecule has 2 aliphatic carbocycles. The van der Waals surface area contributed by atoms with Crippen molar-refractivity contribution in [2.45, 2.75) is 58.1 Å². The molecule has 1 spiro atoms. The van der Waals surface area contributed by atoms with Gasteiger partial charge in [-0.25, -0.2) is 4.79 Å². The number of ether oxygens (including phenoxy) is 1. The van der Waals surface area contributed by atoms with Crippen molar-refractivity contribution in [1.29, 1.82) is 0 Å². The Labute approximate surface area is 238 Å². The molecule has 0 radical (unpaired) electrons. The second kappa shape index (κ2) is 11.6. The summed E-state index contributed by atoms with van der Waals surface area (Å²) in [5.41, 5.74) is 1.32. The van der Waals surface area contributed by atoms with E-state index in [2.05, 4.69) is 31.5 Å². The maximum absolute atomic E-state index is 13.0. The molecule has 2 aromatic rings. The number of halogens is 3. The van der Waals surface area contributed by atoms with Gasteiger partial charge in [-0.1, -0.05) is 35.3 Å². The van der Waals surface area contributed by atoms with Crippen molar-refractivity contribution in [3.8, 4) is 0 Å². The monoisotopic (exact) mass is 621 g/mol. The van der Waals surface area contributed by atoms with Crippen LogP contribution in [-0.2, 0) is 25.5 Å². The molecule has 1 heterocycles. The minimum absolute atomic E-state index is 0.0435. The molecule has 2 N–H and O–H groups in total. The Morgan fingerprint density at radius 1 is 1.08 bits per heavy atom. The number of anilines is 1. The molecule has 38 heavy (non-hydrogen) atoms. The molecule has 1 aromatic heterocycles. The summed E-state index contributed by atoms with van der Waals surface area (Å²) in [5.74, 6) is -0.827. The molecule has 0 saturated heterocycles. The molecule has 1 fully saturated rings. The Bertz CT molecular complexity index is 1300. The van der Waals surface area contributed by atoms with Crippen LogP contribution >= 0.6 is 39.1 Å². The van der Waals surface area contributed by atoms with E-state index >= 15 is 0 Å². The van der Waals surface area contributed by atoms with Crippen molar-refractivity contribution in [2.75, 3.05) is 5.32 Å². The van der Waals surface area contributed by atoms with Crippen LogP contribution in [0.15, 0.2) is 46.8 Å². The van der Waals surface area contributed by atoms with Crippen LogP contribution in [0.1, 0.15) is 55.5 Å². The number of nitrogens with zero attached hydrogens (tertiary/aromatic N) is 1. The Morgan fingerprint density at radius 2 is 1.68 bits per heavy atom. The van der Waals surface area contributed by atoms with Gasteiger partial charge in [-0.15, -0.1) is 0 Å². The van der Waals surface area contributed by atoms with Crippen LogP contribution in [0.2, 0.25) is 10.0 Å². The highest BCUT2D eigenvalue weighted by atomic mass is 79.9. The zero-order chi connectivity index (χ0) is 27.6.